The normalized spacial score (nSPS) is 31.2. The predicted octanol–water partition coefficient (Wildman–Crippen LogP) is 2.13. The number of carbonyl (C=O) groups is 1. The molecule has 4 heterocycles. The molecule has 3 fully saturated rings. The SMILES string of the molecule is Cc1nc(CN2CC[C@@H]3O[C@@H](C(=O)N4CCCCO4)CC[C@@H]32)cs1. The molecule has 3 aliphatic rings. The highest BCUT2D eigenvalue weighted by Crippen LogP contribution is 2.33. The number of fused-ring (bicyclic) bond motifs is 1. The minimum absolute atomic E-state index is 0.0155. The highest BCUT2D eigenvalue weighted by Gasteiger charge is 2.43. The lowest BCUT2D eigenvalue weighted by atomic mass is 9.98. The predicted molar refractivity (Wildman–Crippen MR) is 90.5 cm³/mol. The zero-order valence-electron chi connectivity index (χ0n) is 14.1. The zero-order valence-corrected chi connectivity index (χ0v) is 15.0. The number of aromatic nitrogens is 1. The van der Waals surface area contributed by atoms with Gasteiger partial charge in [-0.3, -0.25) is 14.5 Å². The number of ether oxygens (including phenoxy) is 1. The number of hydrogen-bond acceptors (Lipinski definition) is 6. The molecule has 0 aromatic carbocycles. The Morgan fingerprint density at radius 2 is 2.25 bits per heavy atom. The third-order valence-electron chi connectivity index (χ3n) is 5.22. The molecule has 132 valence electrons. The van der Waals surface area contributed by atoms with E-state index in [9.17, 15) is 4.79 Å². The Balaban J connectivity index is 1.34. The van der Waals surface area contributed by atoms with Gasteiger partial charge in [-0.15, -0.1) is 11.3 Å². The second-order valence-corrected chi connectivity index (χ2v) is 7.97. The van der Waals surface area contributed by atoms with E-state index in [1.165, 1.54) is 5.06 Å². The molecule has 0 bridgehead atoms. The van der Waals surface area contributed by atoms with Gasteiger partial charge < -0.3 is 4.74 Å². The number of hydroxylamine groups is 2. The molecular weight excluding hydrogens is 326 g/mol. The van der Waals surface area contributed by atoms with Crippen LogP contribution in [0.3, 0.4) is 0 Å². The molecule has 24 heavy (non-hydrogen) atoms. The molecule has 0 spiro atoms. The van der Waals surface area contributed by atoms with Gasteiger partial charge >= 0.3 is 0 Å². The lowest BCUT2D eigenvalue weighted by molar-refractivity contribution is -0.213. The van der Waals surface area contributed by atoms with Gasteiger partial charge in [0.05, 0.1) is 23.4 Å². The summed E-state index contributed by atoms with van der Waals surface area (Å²) >= 11 is 1.70. The van der Waals surface area contributed by atoms with Crippen molar-refractivity contribution >= 4 is 17.2 Å². The average molecular weight is 351 g/mol. The molecule has 3 atom stereocenters. The highest BCUT2D eigenvalue weighted by atomic mass is 32.1. The number of amides is 1. The molecular formula is C17H25N3O3S. The zero-order chi connectivity index (χ0) is 16.5. The van der Waals surface area contributed by atoms with Crippen LogP contribution in [0.2, 0.25) is 0 Å². The molecule has 1 amide bonds. The molecule has 0 N–H and O–H groups in total. The smallest absolute Gasteiger partial charge is 0.275 e. The van der Waals surface area contributed by atoms with Gasteiger partial charge in [-0.1, -0.05) is 0 Å². The van der Waals surface area contributed by atoms with E-state index in [1.54, 1.807) is 11.3 Å². The van der Waals surface area contributed by atoms with Crippen LogP contribution in [0.25, 0.3) is 0 Å². The number of nitrogens with zero attached hydrogens (tertiary/aromatic N) is 3. The van der Waals surface area contributed by atoms with Gasteiger partial charge in [0.1, 0.15) is 6.10 Å². The molecule has 0 unspecified atom stereocenters. The van der Waals surface area contributed by atoms with Crippen LogP contribution in [0.15, 0.2) is 5.38 Å². The highest BCUT2D eigenvalue weighted by molar-refractivity contribution is 7.09. The van der Waals surface area contributed by atoms with Gasteiger partial charge in [0.25, 0.3) is 5.91 Å². The fourth-order valence-corrected chi connectivity index (χ4v) is 4.62. The van der Waals surface area contributed by atoms with E-state index >= 15 is 0 Å². The molecule has 1 aromatic heterocycles. The van der Waals surface area contributed by atoms with Crippen molar-refractivity contribution in [3.8, 4) is 0 Å². The van der Waals surface area contributed by atoms with Crippen molar-refractivity contribution in [2.75, 3.05) is 19.7 Å². The van der Waals surface area contributed by atoms with Crippen LogP contribution < -0.4 is 0 Å². The first-order valence-electron chi connectivity index (χ1n) is 8.95. The van der Waals surface area contributed by atoms with Crippen molar-refractivity contribution < 1.29 is 14.4 Å². The van der Waals surface area contributed by atoms with E-state index in [-0.39, 0.29) is 18.1 Å². The molecule has 3 aliphatic heterocycles. The Labute approximate surface area is 146 Å². The number of carbonyl (C=O) groups excluding carboxylic acids is 1. The second kappa shape index (κ2) is 7.07. The minimum atomic E-state index is -0.328. The largest absolute Gasteiger partial charge is 0.363 e. The standard InChI is InChI=1S/C17H25N3O3S/c1-12-18-13(11-24-12)10-19-8-6-15-14(19)4-5-16(23-15)17(21)20-7-2-3-9-22-20/h11,14-16H,2-10H2,1H3/t14-,15-,16+/m0/s1. The van der Waals surface area contributed by atoms with Crippen LogP contribution >= 0.6 is 11.3 Å². The van der Waals surface area contributed by atoms with Crippen molar-refractivity contribution in [3.63, 3.8) is 0 Å². The Morgan fingerprint density at radius 1 is 1.33 bits per heavy atom. The average Bonchev–Trinajstić information content (AvgIpc) is 3.21. The van der Waals surface area contributed by atoms with Gasteiger partial charge in [0.15, 0.2) is 0 Å². The summed E-state index contributed by atoms with van der Waals surface area (Å²) in [4.78, 5) is 25.1. The number of thiazole rings is 1. The van der Waals surface area contributed by atoms with Crippen molar-refractivity contribution in [2.45, 2.75) is 63.8 Å². The van der Waals surface area contributed by atoms with Crippen LogP contribution in [0.1, 0.15) is 42.8 Å². The number of likely N-dealkylation sites (tertiary alicyclic amines) is 1. The van der Waals surface area contributed by atoms with E-state index in [2.05, 4.69) is 15.3 Å². The third kappa shape index (κ3) is 3.35. The van der Waals surface area contributed by atoms with Crippen LogP contribution in [0.5, 0.6) is 0 Å². The van der Waals surface area contributed by atoms with Gasteiger partial charge in [0, 0.05) is 31.1 Å². The van der Waals surface area contributed by atoms with Gasteiger partial charge in [0.2, 0.25) is 0 Å². The lowest BCUT2D eigenvalue weighted by Gasteiger charge is -2.37. The number of rotatable bonds is 3. The Bertz CT molecular complexity index is 587. The van der Waals surface area contributed by atoms with Gasteiger partial charge in [-0.25, -0.2) is 10.0 Å². The third-order valence-corrected chi connectivity index (χ3v) is 6.04. The van der Waals surface area contributed by atoms with E-state index in [0.29, 0.717) is 19.2 Å². The van der Waals surface area contributed by atoms with Crippen molar-refractivity contribution in [3.05, 3.63) is 16.1 Å². The van der Waals surface area contributed by atoms with Crippen LogP contribution in [-0.2, 0) is 20.9 Å². The summed E-state index contributed by atoms with van der Waals surface area (Å²) in [5, 5.41) is 4.79. The lowest BCUT2D eigenvalue weighted by Crippen LogP contribution is -2.49. The van der Waals surface area contributed by atoms with E-state index in [0.717, 1.165) is 55.9 Å². The fourth-order valence-electron chi connectivity index (χ4n) is 4.01. The van der Waals surface area contributed by atoms with Crippen LogP contribution in [-0.4, -0.2) is 58.8 Å². The first-order chi connectivity index (χ1) is 11.7. The van der Waals surface area contributed by atoms with E-state index < -0.39 is 0 Å². The Hall–Kier alpha value is -1.02. The van der Waals surface area contributed by atoms with Crippen molar-refractivity contribution in [2.24, 2.45) is 0 Å². The monoisotopic (exact) mass is 351 g/mol. The first-order valence-corrected chi connectivity index (χ1v) is 9.83. The fraction of sp³-hybridized carbons (Fsp3) is 0.765. The maximum atomic E-state index is 12.6. The topological polar surface area (TPSA) is 54.9 Å². The van der Waals surface area contributed by atoms with Crippen LogP contribution in [0, 0.1) is 6.92 Å². The molecule has 0 saturated carbocycles. The Morgan fingerprint density at radius 3 is 3.00 bits per heavy atom. The second-order valence-electron chi connectivity index (χ2n) is 6.91. The molecule has 4 rings (SSSR count). The minimum Gasteiger partial charge on any atom is -0.363 e. The molecule has 1 aromatic rings. The number of aryl methyl sites for hydroxylation is 1. The van der Waals surface area contributed by atoms with Crippen molar-refractivity contribution in [1.29, 1.82) is 0 Å². The first kappa shape index (κ1) is 16.4. The van der Waals surface area contributed by atoms with Gasteiger partial charge in [-0.2, -0.15) is 0 Å². The van der Waals surface area contributed by atoms with Crippen LogP contribution in [0.4, 0.5) is 0 Å². The summed E-state index contributed by atoms with van der Waals surface area (Å²) in [7, 11) is 0. The summed E-state index contributed by atoms with van der Waals surface area (Å²) in [6, 6.07) is 0.415. The summed E-state index contributed by atoms with van der Waals surface area (Å²) in [5.41, 5.74) is 1.15. The Kier molecular flexibility index (Phi) is 4.85. The molecule has 6 nitrogen and oxygen atoms in total. The van der Waals surface area contributed by atoms with Crippen molar-refractivity contribution in [1.82, 2.24) is 14.9 Å². The van der Waals surface area contributed by atoms with Gasteiger partial charge in [-0.05, 0) is 39.0 Å². The molecule has 7 heteroatoms. The molecule has 3 saturated heterocycles. The van der Waals surface area contributed by atoms with E-state index in [4.69, 9.17) is 9.57 Å². The summed E-state index contributed by atoms with van der Waals surface area (Å²) in [6.45, 7) is 5.30. The summed E-state index contributed by atoms with van der Waals surface area (Å²) in [6.07, 6.45) is 4.68. The molecule has 0 aliphatic carbocycles. The number of hydrogen-bond donors (Lipinski definition) is 0. The summed E-state index contributed by atoms with van der Waals surface area (Å²) in [5.74, 6) is 0.0155. The maximum Gasteiger partial charge on any atom is 0.275 e. The molecule has 0 radical (unpaired) electrons. The quantitative estimate of drug-likeness (QED) is 0.835. The maximum absolute atomic E-state index is 12.6. The van der Waals surface area contributed by atoms with E-state index in [1.807, 2.05) is 6.92 Å². The summed E-state index contributed by atoms with van der Waals surface area (Å²) < 4.78 is 6.17.